The molecule has 0 bridgehead atoms. The number of hydrogen-bond acceptors (Lipinski definition) is 4. The Bertz CT molecular complexity index is 1450. The number of fused-ring (bicyclic) bond motifs is 2. The molecule has 1 aliphatic heterocycles. The van der Waals surface area contributed by atoms with E-state index in [1.54, 1.807) is 0 Å². The minimum absolute atomic E-state index is 0.919. The lowest BCUT2D eigenvalue weighted by atomic mass is 10.1. The lowest BCUT2D eigenvalue weighted by Gasteiger charge is -2.04. The molecule has 6 rings (SSSR count). The molecule has 2 N–H and O–H groups in total. The van der Waals surface area contributed by atoms with Crippen LogP contribution in [0.3, 0.4) is 0 Å². The molecule has 4 aromatic heterocycles. The number of nitrogens with zero attached hydrogens (tertiary/aromatic N) is 4. The van der Waals surface area contributed by atoms with Gasteiger partial charge >= 0.3 is 0 Å². The molecule has 0 unspecified atom stereocenters. The van der Waals surface area contributed by atoms with Gasteiger partial charge in [-0.15, -0.1) is 11.8 Å². The normalized spacial score (nSPS) is 14.1. The van der Waals surface area contributed by atoms with Crippen molar-refractivity contribution >= 4 is 39.1 Å². The molecule has 0 spiro atoms. The number of H-pyrrole nitrogens is 2. The van der Waals surface area contributed by atoms with Crippen molar-refractivity contribution in [2.75, 3.05) is 5.75 Å². The van der Waals surface area contributed by atoms with Gasteiger partial charge in [-0.1, -0.05) is 6.07 Å². The van der Waals surface area contributed by atoms with E-state index in [1.165, 1.54) is 5.57 Å². The van der Waals surface area contributed by atoms with Crippen molar-refractivity contribution < 1.29 is 0 Å². The van der Waals surface area contributed by atoms with Crippen molar-refractivity contribution in [2.24, 2.45) is 7.05 Å². The predicted octanol–water partition coefficient (Wildman–Crippen LogP) is 5.29. The summed E-state index contributed by atoms with van der Waals surface area (Å²) >= 11 is 1.86. The van der Waals surface area contributed by atoms with Gasteiger partial charge < -0.3 is 9.55 Å². The van der Waals surface area contributed by atoms with Crippen molar-refractivity contribution in [2.45, 2.75) is 13.3 Å². The van der Waals surface area contributed by atoms with Gasteiger partial charge in [-0.2, -0.15) is 5.10 Å². The van der Waals surface area contributed by atoms with Crippen molar-refractivity contribution in [3.63, 3.8) is 0 Å². The number of rotatable bonds is 3. The second-order valence-corrected chi connectivity index (χ2v) is 8.63. The van der Waals surface area contributed by atoms with E-state index in [1.807, 2.05) is 44.2 Å². The Hall–Kier alpha value is -3.32. The average molecular weight is 413 g/mol. The monoisotopic (exact) mass is 412 g/mol. The molecule has 0 atom stereocenters. The second-order valence-electron chi connectivity index (χ2n) is 7.65. The lowest BCUT2D eigenvalue weighted by Crippen LogP contribution is -1.94. The van der Waals surface area contributed by atoms with Crippen LogP contribution in [0.15, 0.2) is 48.1 Å². The first-order valence-electron chi connectivity index (χ1n) is 9.95. The molecule has 6 nitrogen and oxygen atoms in total. The highest BCUT2D eigenvalue weighted by atomic mass is 32.2. The van der Waals surface area contributed by atoms with E-state index in [-0.39, 0.29) is 0 Å². The zero-order valence-corrected chi connectivity index (χ0v) is 17.5. The molecule has 1 aliphatic rings. The van der Waals surface area contributed by atoms with Crippen LogP contribution in [0.1, 0.15) is 17.9 Å². The Labute approximate surface area is 177 Å². The zero-order valence-electron chi connectivity index (χ0n) is 16.7. The highest BCUT2D eigenvalue weighted by molar-refractivity contribution is 8.02. The summed E-state index contributed by atoms with van der Waals surface area (Å²) in [5, 5.41) is 12.3. The summed E-state index contributed by atoms with van der Waals surface area (Å²) in [6.45, 7) is 2.01. The molecule has 5 heterocycles. The quantitative estimate of drug-likeness (QED) is 0.422. The number of thioether (sulfide) groups is 1. The number of aromatic amines is 2. The van der Waals surface area contributed by atoms with Gasteiger partial charge in [-0.3, -0.25) is 10.1 Å². The van der Waals surface area contributed by atoms with Crippen molar-refractivity contribution in [1.82, 2.24) is 29.7 Å². The number of imidazole rings is 1. The molecule has 5 aromatic rings. The molecular weight excluding hydrogens is 392 g/mol. The number of allylic oxidation sites excluding steroid dienone is 1. The van der Waals surface area contributed by atoms with Crippen molar-refractivity contribution in [3.8, 4) is 22.6 Å². The van der Waals surface area contributed by atoms with Crippen LogP contribution in [-0.2, 0) is 7.05 Å². The van der Waals surface area contributed by atoms with Crippen molar-refractivity contribution in [1.29, 1.82) is 0 Å². The fourth-order valence-corrected chi connectivity index (χ4v) is 5.03. The summed E-state index contributed by atoms with van der Waals surface area (Å²) in [7, 11) is 2.04. The van der Waals surface area contributed by atoms with Crippen LogP contribution < -0.4 is 0 Å². The van der Waals surface area contributed by atoms with Crippen LogP contribution in [0, 0.1) is 6.92 Å². The number of nitrogens with one attached hydrogen (secondary N) is 2. The number of benzene rings is 1. The Balaban J connectivity index is 1.51. The van der Waals surface area contributed by atoms with Crippen molar-refractivity contribution in [3.05, 3.63) is 59.7 Å². The number of aromatic nitrogens is 6. The molecule has 0 radical (unpaired) electrons. The fraction of sp³-hybridized carbons (Fsp3) is 0.174. The largest absolute Gasteiger partial charge is 0.353 e. The number of aryl methyl sites for hydroxylation is 1. The molecule has 148 valence electrons. The average Bonchev–Trinajstić information content (AvgIpc) is 3.54. The first kappa shape index (κ1) is 17.5. The van der Waals surface area contributed by atoms with Crippen LogP contribution in [0.25, 0.3) is 50.0 Å². The molecule has 0 amide bonds. The van der Waals surface area contributed by atoms with E-state index in [2.05, 4.69) is 59.4 Å². The first-order valence-corrected chi connectivity index (χ1v) is 11.0. The summed E-state index contributed by atoms with van der Waals surface area (Å²) in [6.07, 6.45) is 4.87. The van der Waals surface area contributed by atoms with Crippen LogP contribution in [-0.4, -0.2) is 35.5 Å². The molecule has 0 saturated heterocycles. The van der Waals surface area contributed by atoms with E-state index >= 15 is 0 Å². The fourth-order valence-electron chi connectivity index (χ4n) is 4.15. The zero-order chi connectivity index (χ0) is 20.2. The second kappa shape index (κ2) is 6.60. The van der Waals surface area contributed by atoms with Crippen LogP contribution in [0.4, 0.5) is 0 Å². The molecular formula is C23H20N6S. The molecule has 0 aliphatic carbocycles. The Morgan fingerprint density at radius 1 is 1.03 bits per heavy atom. The molecule has 1 aromatic carbocycles. The Morgan fingerprint density at radius 3 is 2.73 bits per heavy atom. The summed E-state index contributed by atoms with van der Waals surface area (Å²) in [6, 6.07) is 10.6. The Kier molecular flexibility index (Phi) is 3.86. The Morgan fingerprint density at radius 2 is 1.93 bits per heavy atom. The maximum absolute atomic E-state index is 4.67. The van der Waals surface area contributed by atoms with Gasteiger partial charge in [0.2, 0.25) is 0 Å². The SMILES string of the molecule is Cc1ncc(-c2ccc3[nH]nc(-c4cc5c(C6=CSCC6)nccc5[nH]4)c3c2)n1C. The third-order valence-electron chi connectivity index (χ3n) is 5.90. The lowest BCUT2D eigenvalue weighted by molar-refractivity contribution is 0.865. The van der Waals surface area contributed by atoms with Gasteiger partial charge in [0.15, 0.2) is 0 Å². The van der Waals surface area contributed by atoms with Crippen LogP contribution >= 0.6 is 11.8 Å². The van der Waals surface area contributed by atoms with E-state index < -0.39 is 0 Å². The highest BCUT2D eigenvalue weighted by Gasteiger charge is 2.17. The standard InChI is InChI=1S/C23H20N6S/c1-13-25-11-21(29(13)2)14-3-4-19-16(9-14)23(28-27-19)20-10-17-18(26-20)5-7-24-22(17)15-6-8-30-12-15/h3-5,7,9-12,26H,6,8H2,1-2H3,(H,27,28). The van der Waals surface area contributed by atoms with Gasteiger partial charge in [0.05, 0.1) is 28.8 Å². The smallest absolute Gasteiger partial charge is 0.116 e. The minimum atomic E-state index is 0.919. The minimum Gasteiger partial charge on any atom is -0.353 e. The summed E-state index contributed by atoms with van der Waals surface area (Å²) in [5.74, 6) is 2.12. The molecule has 7 heteroatoms. The van der Waals surface area contributed by atoms with Gasteiger partial charge in [-0.25, -0.2) is 4.98 Å². The highest BCUT2D eigenvalue weighted by Crippen LogP contribution is 2.36. The molecule has 0 saturated carbocycles. The maximum atomic E-state index is 4.67. The summed E-state index contributed by atoms with van der Waals surface area (Å²) in [5.41, 5.74) is 8.62. The van der Waals surface area contributed by atoms with E-state index in [4.69, 9.17) is 0 Å². The number of pyridine rings is 1. The van der Waals surface area contributed by atoms with E-state index in [9.17, 15) is 0 Å². The first-order chi connectivity index (χ1) is 14.7. The predicted molar refractivity (Wildman–Crippen MR) is 123 cm³/mol. The summed E-state index contributed by atoms with van der Waals surface area (Å²) in [4.78, 5) is 12.7. The third kappa shape index (κ3) is 2.62. The summed E-state index contributed by atoms with van der Waals surface area (Å²) < 4.78 is 2.11. The molecule has 30 heavy (non-hydrogen) atoms. The molecule has 0 fully saturated rings. The maximum Gasteiger partial charge on any atom is 0.116 e. The van der Waals surface area contributed by atoms with Gasteiger partial charge in [0, 0.05) is 40.8 Å². The van der Waals surface area contributed by atoms with E-state index in [0.29, 0.717) is 0 Å². The van der Waals surface area contributed by atoms with Gasteiger partial charge in [-0.05, 0) is 48.6 Å². The number of hydrogen-bond donors (Lipinski definition) is 2. The van der Waals surface area contributed by atoms with Crippen LogP contribution in [0.2, 0.25) is 0 Å². The third-order valence-corrected chi connectivity index (χ3v) is 6.79. The van der Waals surface area contributed by atoms with E-state index in [0.717, 1.165) is 68.1 Å². The topological polar surface area (TPSA) is 75.2 Å². The van der Waals surface area contributed by atoms with Crippen LogP contribution in [0.5, 0.6) is 0 Å². The van der Waals surface area contributed by atoms with Gasteiger partial charge in [0.1, 0.15) is 11.5 Å². The van der Waals surface area contributed by atoms with Gasteiger partial charge in [0.25, 0.3) is 0 Å².